The Bertz CT molecular complexity index is 516. The first kappa shape index (κ1) is 17.5. The SMILES string of the molecule is CCOc1c(CC(=O)[O-])cc(C(C)(C)C)cc1C(C)(C)C. The molecule has 21 heavy (non-hydrogen) atoms. The molecule has 0 aliphatic rings. The van der Waals surface area contributed by atoms with Crippen molar-refractivity contribution in [3.05, 3.63) is 28.8 Å². The summed E-state index contributed by atoms with van der Waals surface area (Å²) in [5.74, 6) is -0.385. The molecule has 0 heterocycles. The number of rotatable bonds is 4. The van der Waals surface area contributed by atoms with E-state index < -0.39 is 5.97 Å². The van der Waals surface area contributed by atoms with Crippen LogP contribution in [0.2, 0.25) is 0 Å². The second kappa shape index (κ2) is 6.08. The molecule has 0 fully saturated rings. The van der Waals surface area contributed by atoms with Gasteiger partial charge < -0.3 is 14.6 Å². The van der Waals surface area contributed by atoms with Gasteiger partial charge in [-0.05, 0) is 23.3 Å². The van der Waals surface area contributed by atoms with Gasteiger partial charge in [-0.2, -0.15) is 0 Å². The Labute approximate surface area is 128 Å². The molecule has 118 valence electrons. The summed E-state index contributed by atoms with van der Waals surface area (Å²) in [4.78, 5) is 11.1. The van der Waals surface area contributed by atoms with Crippen molar-refractivity contribution in [3.63, 3.8) is 0 Å². The molecule has 0 bridgehead atoms. The monoisotopic (exact) mass is 291 g/mol. The number of carboxylic acids is 1. The smallest absolute Gasteiger partial charge is 0.126 e. The van der Waals surface area contributed by atoms with E-state index in [0.29, 0.717) is 17.9 Å². The third-order valence-electron chi connectivity index (χ3n) is 3.46. The van der Waals surface area contributed by atoms with Gasteiger partial charge in [0, 0.05) is 23.5 Å². The summed E-state index contributed by atoms with van der Waals surface area (Å²) in [7, 11) is 0. The Balaban J connectivity index is 3.61. The van der Waals surface area contributed by atoms with Crippen LogP contribution in [0.15, 0.2) is 12.1 Å². The molecule has 0 N–H and O–H groups in total. The van der Waals surface area contributed by atoms with Crippen molar-refractivity contribution in [3.8, 4) is 5.75 Å². The van der Waals surface area contributed by atoms with Crippen LogP contribution in [-0.4, -0.2) is 12.6 Å². The lowest BCUT2D eigenvalue weighted by Gasteiger charge is -2.29. The Morgan fingerprint density at radius 2 is 1.67 bits per heavy atom. The van der Waals surface area contributed by atoms with Gasteiger partial charge in [-0.1, -0.05) is 53.7 Å². The molecule has 3 nitrogen and oxygen atoms in total. The number of hydrogen-bond acceptors (Lipinski definition) is 3. The Hall–Kier alpha value is -1.51. The van der Waals surface area contributed by atoms with Gasteiger partial charge in [0.25, 0.3) is 0 Å². The summed E-state index contributed by atoms with van der Waals surface area (Å²) in [6.45, 7) is 15.1. The molecule has 0 amide bonds. The minimum Gasteiger partial charge on any atom is -0.550 e. The average molecular weight is 291 g/mol. The van der Waals surface area contributed by atoms with Crippen LogP contribution in [-0.2, 0) is 22.0 Å². The Morgan fingerprint density at radius 1 is 1.10 bits per heavy atom. The molecule has 0 radical (unpaired) electrons. The molecule has 0 saturated heterocycles. The van der Waals surface area contributed by atoms with Crippen molar-refractivity contribution >= 4 is 5.97 Å². The minimum atomic E-state index is -1.08. The summed E-state index contributed by atoms with van der Waals surface area (Å²) >= 11 is 0. The first-order valence-corrected chi connectivity index (χ1v) is 7.47. The van der Waals surface area contributed by atoms with E-state index in [9.17, 15) is 9.90 Å². The van der Waals surface area contributed by atoms with Gasteiger partial charge in [0.05, 0.1) is 6.61 Å². The van der Waals surface area contributed by atoms with Gasteiger partial charge in [-0.25, -0.2) is 0 Å². The number of carbonyl (C=O) groups excluding carboxylic acids is 1. The van der Waals surface area contributed by atoms with Crippen molar-refractivity contribution in [1.82, 2.24) is 0 Å². The lowest BCUT2D eigenvalue weighted by atomic mass is 9.78. The number of carbonyl (C=O) groups is 1. The lowest BCUT2D eigenvalue weighted by molar-refractivity contribution is -0.304. The van der Waals surface area contributed by atoms with E-state index in [4.69, 9.17) is 4.74 Å². The molecule has 0 spiro atoms. The van der Waals surface area contributed by atoms with Gasteiger partial charge in [0.2, 0.25) is 0 Å². The predicted octanol–water partition coefficient (Wildman–Crippen LogP) is 2.97. The van der Waals surface area contributed by atoms with Crippen LogP contribution in [0.3, 0.4) is 0 Å². The molecule has 0 aliphatic heterocycles. The molecule has 0 atom stereocenters. The standard InChI is InChI=1S/C18H28O3/c1-8-21-16-12(10-15(19)20)9-13(17(2,3)4)11-14(16)18(5,6)7/h9,11H,8,10H2,1-7H3,(H,19,20)/p-1. The van der Waals surface area contributed by atoms with Crippen LogP contribution >= 0.6 is 0 Å². The van der Waals surface area contributed by atoms with Gasteiger partial charge >= 0.3 is 0 Å². The van der Waals surface area contributed by atoms with E-state index in [0.717, 1.165) is 11.1 Å². The maximum atomic E-state index is 11.1. The first-order chi connectivity index (χ1) is 9.46. The highest BCUT2D eigenvalue weighted by molar-refractivity contribution is 5.70. The van der Waals surface area contributed by atoms with Gasteiger partial charge in [0.15, 0.2) is 0 Å². The van der Waals surface area contributed by atoms with Crippen molar-refractivity contribution in [1.29, 1.82) is 0 Å². The van der Waals surface area contributed by atoms with E-state index in [2.05, 4.69) is 47.6 Å². The zero-order valence-electron chi connectivity index (χ0n) is 14.3. The van der Waals surface area contributed by atoms with Crippen molar-refractivity contribution in [2.45, 2.75) is 65.7 Å². The van der Waals surface area contributed by atoms with Crippen molar-refractivity contribution < 1.29 is 14.6 Å². The second-order valence-corrected chi connectivity index (χ2v) is 7.49. The molecule has 0 unspecified atom stereocenters. The number of ether oxygens (including phenoxy) is 1. The van der Waals surface area contributed by atoms with Crippen LogP contribution in [0.5, 0.6) is 5.75 Å². The minimum absolute atomic E-state index is 0.0502. The molecular weight excluding hydrogens is 264 g/mol. The average Bonchev–Trinajstić information content (AvgIpc) is 2.27. The fourth-order valence-electron chi connectivity index (χ4n) is 2.28. The summed E-state index contributed by atoms with van der Waals surface area (Å²) in [6.07, 6.45) is -0.123. The summed E-state index contributed by atoms with van der Waals surface area (Å²) in [5.41, 5.74) is 2.70. The molecule has 0 aliphatic carbocycles. The molecule has 3 heteroatoms. The summed E-state index contributed by atoms with van der Waals surface area (Å²) in [5, 5.41) is 11.1. The maximum Gasteiger partial charge on any atom is 0.126 e. The zero-order valence-corrected chi connectivity index (χ0v) is 14.3. The molecule has 1 aromatic rings. The number of benzene rings is 1. The van der Waals surface area contributed by atoms with E-state index in [-0.39, 0.29) is 17.3 Å². The van der Waals surface area contributed by atoms with Crippen molar-refractivity contribution in [2.24, 2.45) is 0 Å². The number of aliphatic carboxylic acids is 1. The van der Waals surface area contributed by atoms with Crippen LogP contribution in [0.1, 0.15) is 65.2 Å². The highest BCUT2D eigenvalue weighted by atomic mass is 16.5. The van der Waals surface area contributed by atoms with Gasteiger partial charge in [-0.15, -0.1) is 0 Å². The molecule has 0 saturated carbocycles. The Kier molecular flexibility index (Phi) is 5.08. The van der Waals surface area contributed by atoms with E-state index in [1.165, 1.54) is 0 Å². The second-order valence-electron chi connectivity index (χ2n) is 7.49. The largest absolute Gasteiger partial charge is 0.550 e. The maximum absolute atomic E-state index is 11.1. The molecule has 1 rings (SSSR count). The zero-order chi connectivity index (χ0) is 16.4. The fraction of sp³-hybridized carbons (Fsp3) is 0.611. The number of hydrogen-bond donors (Lipinski definition) is 0. The predicted molar refractivity (Wildman–Crippen MR) is 83.7 cm³/mol. The topological polar surface area (TPSA) is 49.4 Å². The van der Waals surface area contributed by atoms with Gasteiger partial charge in [0.1, 0.15) is 5.75 Å². The highest BCUT2D eigenvalue weighted by Gasteiger charge is 2.25. The van der Waals surface area contributed by atoms with E-state index in [1.807, 2.05) is 13.0 Å². The van der Waals surface area contributed by atoms with Crippen molar-refractivity contribution in [2.75, 3.05) is 6.61 Å². The third kappa shape index (κ3) is 4.48. The van der Waals surface area contributed by atoms with Crippen LogP contribution in [0.25, 0.3) is 0 Å². The van der Waals surface area contributed by atoms with Gasteiger partial charge in [-0.3, -0.25) is 0 Å². The summed E-state index contributed by atoms with van der Waals surface area (Å²) in [6, 6.07) is 4.08. The normalized spacial score (nSPS) is 12.3. The van der Waals surface area contributed by atoms with E-state index >= 15 is 0 Å². The lowest BCUT2D eigenvalue weighted by Crippen LogP contribution is -2.26. The molecular formula is C18H27O3-. The fourth-order valence-corrected chi connectivity index (χ4v) is 2.28. The summed E-state index contributed by atoms with van der Waals surface area (Å²) < 4.78 is 5.77. The van der Waals surface area contributed by atoms with Crippen LogP contribution in [0, 0.1) is 0 Å². The third-order valence-corrected chi connectivity index (χ3v) is 3.46. The number of carboxylic acid groups (broad SMARTS) is 1. The Morgan fingerprint density at radius 3 is 2.05 bits per heavy atom. The highest BCUT2D eigenvalue weighted by Crippen LogP contribution is 2.38. The quantitative estimate of drug-likeness (QED) is 0.857. The van der Waals surface area contributed by atoms with E-state index in [1.54, 1.807) is 0 Å². The molecule has 0 aromatic heterocycles. The molecule has 1 aromatic carbocycles. The van der Waals surface area contributed by atoms with Crippen LogP contribution in [0.4, 0.5) is 0 Å². The van der Waals surface area contributed by atoms with Crippen LogP contribution < -0.4 is 9.84 Å². The first-order valence-electron chi connectivity index (χ1n) is 7.47.